The third kappa shape index (κ3) is 5.20. The zero-order chi connectivity index (χ0) is 25.7. The molecule has 1 aromatic heterocycles. The molecule has 1 heterocycles. The monoisotopic (exact) mass is 485 g/mol. The molecule has 3 aromatic carbocycles. The third-order valence-corrected chi connectivity index (χ3v) is 5.79. The number of halogens is 1. The largest absolute Gasteiger partial charge is 0.493 e. The van der Waals surface area contributed by atoms with Gasteiger partial charge in [-0.15, -0.1) is 0 Å². The van der Waals surface area contributed by atoms with Crippen molar-refractivity contribution in [2.24, 2.45) is 4.99 Å². The minimum Gasteiger partial charge on any atom is -0.493 e. The van der Waals surface area contributed by atoms with Crippen molar-refractivity contribution < 1.29 is 19.0 Å². The van der Waals surface area contributed by atoms with Crippen molar-refractivity contribution in [2.45, 2.75) is 26.3 Å². The first-order valence-electron chi connectivity index (χ1n) is 11.8. The quantitative estimate of drug-likeness (QED) is 0.267. The topological polar surface area (TPSA) is 83.8 Å². The van der Waals surface area contributed by atoms with Crippen LogP contribution in [0.2, 0.25) is 0 Å². The zero-order valence-corrected chi connectivity index (χ0v) is 20.5. The molecular weight excluding hydrogens is 457 g/mol. The highest BCUT2D eigenvalue weighted by molar-refractivity contribution is 6.07. The summed E-state index contributed by atoms with van der Waals surface area (Å²) in [6.45, 7) is 4.24. The molecule has 0 fully saturated rings. The van der Waals surface area contributed by atoms with Gasteiger partial charge in [-0.3, -0.25) is 9.79 Å². The summed E-state index contributed by atoms with van der Waals surface area (Å²) >= 11 is 0. The minimum atomic E-state index is -1.02. The Bertz CT molecular complexity index is 1420. The second kappa shape index (κ2) is 11.0. The van der Waals surface area contributed by atoms with Crippen LogP contribution in [-0.4, -0.2) is 42.0 Å². The number of ether oxygens (including phenoxy) is 1. The fraction of sp³-hybridized carbons (Fsp3) is 0.207. The number of nitrogens with one attached hydrogen (secondary N) is 1. The minimum absolute atomic E-state index is 0.434. The van der Waals surface area contributed by atoms with Crippen molar-refractivity contribution >= 4 is 28.8 Å². The second-order valence-corrected chi connectivity index (χ2v) is 8.42. The molecule has 4 aromatic rings. The molecule has 4 rings (SSSR count). The molecule has 36 heavy (non-hydrogen) atoms. The molecule has 0 aliphatic rings. The van der Waals surface area contributed by atoms with Gasteiger partial charge in [0.15, 0.2) is 0 Å². The van der Waals surface area contributed by atoms with Crippen LogP contribution in [0.15, 0.2) is 71.7 Å². The number of carboxylic acids is 1. The normalized spacial score (nSPS) is 12.1. The van der Waals surface area contributed by atoms with E-state index < -0.39 is 17.8 Å². The van der Waals surface area contributed by atoms with Gasteiger partial charge in [0.2, 0.25) is 0 Å². The molecular formula is C29H28FN3O3. The lowest BCUT2D eigenvalue weighted by molar-refractivity contribution is -0.137. The summed E-state index contributed by atoms with van der Waals surface area (Å²) in [4.78, 5) is 20.6. The SMILES string of the molecule is CCCOc1ccccc1-c1ccc(-c2nc3ccc(F)cc3c(NC(C)C(=O)O)c2C=NC)cc1. The maximum Gasteiger partial charge on any atom is 0.325 e. The molecule has 0 saturated carbocycles. The molecule has 0 saturated heterocycles. The maximum atomic E-state index is 14.2. The highest BCUT2D eigenvalue weighted by atomic mass is 19.1. The van der Waals surface area contributed by atoms with Crippen LogP contribution < -0.4 is 10.1 Å². The molecule has 2 N–H and O–H groups in total. The molecule has 6 nitrogen and oxygen atoms in total. The summed E-state index contributed by atoms with van der Waals surface area (Å²) in [7, 11) is 1.63. The van der Waals surface area contributed by atoms with Crippen LogP contribution >= 0.6 is 0 Å². The highest BCUT2D eigenvalue weighted by Gasteiger charge is 2.20. The van der Waals surface area contributed by atoms with E-state index in [0.717, 1.165) is 28.9 Å². The van der Waals surface area contributed by atoms with Gasteiger partial charge in [-0.05, 0) is 43.2 Å². The van der Waals surface area contributed by atoms with Crippen LogP contribution in [0.5, 0.6) is 5.75 Å². The van der Waals surface area contributed by atoms with Crippen molar-refractivity contribution in [3.05, 3.63) is 78.1 Å². The predicted molar refractivity (Wildman–Crippen MR) is 143 cm³/mol. The van der Waals surface area contributed by atoms with E-state index >= 15 is 0 Å². The molecule has 184 valence electrons. The maximum absolute atomic E-state index is 14.2. The first-order chi connectivity index (χ1) is 17.4. The summed E-state index contributed by atoms with van der Waals surface area (Å²) in [5.74, 6) is -0.632. The molecule has 0 bridgehead atoms. The van der Waals surface area contributed by atoms with Gasteiger partial charge in [0.1, 0.15) is 17.6 Å². The number of nitrogens with zero attached hydrogens (tertiary/aromatic N) is 2. The van der Waals surface area contributed by atoms with Crippen LogP contribution in [0.25, 0.3) is 33.3 Å². The number of carboxylic acid groups (broad SMARTS) is 1. The van der Waals surface area contributed by atoms with Crippen molar-refractivity contribution in [1.82, 2.24) is 4.98 Å². The van der Waals surface area contributed by atoms with E-state index in [1.807, 2.05) is 48.5 Å². The summed E-state index contributed by atoms with van der Waals surface area (Å²) in [6, 6.07) is 19.2. The first kappa shape index (κ1) is 24.9. The van der Waals surface area contributed by atoms with Crippen LogP contribution in [0, 0.1) is 5.82 Å². The number of para-hydroxylation sites is 1. The number of aromatic nitrogens is 1. The lowest BCUT2D eigenvalue weighted by atomic mass is 9.98. The molecule has 1 unspecified atom stereocenters. The molecule has 0 aliphatic heterocycles. The standard InChI is InChI=1S/C29H28FN3O3/c1-4-15-36-26-8-6-5-7-22(26)19-9-11-20(12-10-19)27-24(17-31-3)28(32-18(2)29(34)35)23-16-21(30)13-14-25(23)33-27/h5-14,16-18H,4,15H2,1-3H3,(H,32,33)(H,34,35). The number of carbonyl (C=O) groups is 1. The van der Waals surface area contributed by atoms with E-state index in [1.165, 1.54) is 19.1 Å². The number of anilines is 1. The van der Waals surface area contributed by atoms with Gasteiger partial charge < -0.3 is 15.2 Å². The fourth-order valence-electron chi connectivity index (χ4n) is 4.01. The Kier molecular flexibility index (Phi) is 7.59. The predicted octanol–water partition coefficient (Wildman–Crippen LogP) is 6.43. The van der Waals surface area contributed by atoms with E-state index in [2.05, 4.69) is 17.2 Å². The van der Waals surface area contributed by atoms with Crippen molar-refractivity contribution in [2.75, 3.05) is 19.0 Å². The molecule has 1 atom stereocenters. The van der Waals surface area contributed by atoms with Gasteiger partial charge in [-0.1, -0.05) is 49.4 Å². The Morgan fingerprint density at radius 3 is 2.56 bits per heavy atom. The smallest absolute Gasteiger partial charge is 0.325 e. The van der Waals surface area contributed by atoms with Crippen molar-refractivity contribution in [3.8, 4) is 28.1 Å². The van der Waals surface area contributed by atoms with Crippen LogP contribution in [0.3, 0.4) is 0 Å². The van der Waals surface area contributed by atoms with Gasteiger partial charge >= 0.3 is 5.97 Å². The Morgan fingerprint density at radius 2 is 1.86 bits per heavy atom. The number of benzene rings is 3. The number of hydrogen-bond acceptors (Lipinski definition) is 5. The number of aliphatic carboxylic acids is 1. The molecule has 0 spiro atoms. The number of aliphatic imine (C=N–C) groups is 1. The summed E-state index contributed by atoms with van der Waals surface area (Å²) < 4.78 is 20.1. The van der Waals surface area contributed by atoms with E-state index in [4.69, 9.17) is 9.72 Å². The number of hydrogen-bond donors (Lipinski definition) is 2. The van der Waals surface area contributed by atoms with Crippen LogP contribution in [0.1, 0.15) is 25.8 Å². The molecule has 7 heteroatoms. The number of fused-ring (bicyclic) bond motifs is 1. The van der Waals surface area contributed by atoms with E-state index in [0.29, 0.717) is 34.5 Å². The third-order valence-electron chi connectivity index (χ3n) is 5.79. The second-order valence-electron chi connectivity index (χ2n) is 8.42. The van der Waals surface area contributed by atoms with E-state index in [1.54, 1.807) is 19.3 Å². The lowest BCUT2D eigenvalue weighted by Crippen LogP contribution is -2.26. The van der Waals surface area contributed by atoms with E-state index in [-0.39, 0.29) is 0 Å². The van der Waals surface area contributed by atoms with Crippen LogP contribution in [0.4, 0.5) is 10.1 Å². The first-order valence-corrected chi connectivity index (χ1v) is 11.8. The average molecular weight is 486 g/mol. The van der Waals surface area contributed by atoms with Gasteiger partial charge in [-0.2, -0.15) is 0 Å². The molecule has 0 amide bonds. The Morgan fingerprint density at radius 1 is 1.14 bits per heavy atom. The zero-order valence-electron chi connectivity index (χ0n) is 20.5. The number of pyridine rings is 1. The van der Waals surface area contributed by atoms with Crippen molar-refractivity contribution in [1.29, 1.82) is 0 Å². The summed E-state index contributed by atoms with van der Waals surface area (Å²) in [5.41, 5.74) is 5.02. The Balaban J connectivity index is 1.85. The summed E-state index contributed by atoms with van der Waals surface area (Å²) in [6.07, 6.45) is 2.54. The van der Waals surface area contributed by atoms with Gasteiger partial charge in [0, 0.05) is 35.3 Å². The van der Waals surface area contributed by atoms with Gasteiger partial charge in [0.25, 0.3) is 0 Å². The Labute approximate surface area is 209 Å². The fourth-order valence-corrected chi connectivity index (χ4v) is 4.01. The van der Waals surface area contributed by atoms with Crippen LogP contribution in [-0.2, 0) is 4.79 Å². The molecule has 0 aliphatic carbocycles. The Hall–Kier alpha value is -4.26. The lowest BCUT2D eigenvalue weighted by Gasteiger charge is -2.19. The van der Waals surface area contributed by atoms with Crippen molar-refractivity contribution in [3.63, 3.8) is 0 Å². The number of rotatable bonds is 9. The average Bonchev–Trinajstić information content (AvgIpc) is 2.89. The van der Waals surface area contributed by atoms with Gasteiger partial charge in [0.05, 0.1) is 23.5 Å². The molecule has 0 radical (unpaired) electrons. The van der Waals surface area contributed by atoms with E-state index in [9.17, 15) is 14.3 Å². The van der Waals surface area contributed by atoms with Gasteiger partial charge in [-0.25, -0.2) is 9.37 Å². The summed E-state index contributed by atoms with van der Waals surface area (Å²) in [5, 5.41) is 13.0. The highest BCUT2D eigenvalue weighted by Crippen LogP contribution is 2.36.